The van der Waals surface area contributed by atoms with Crippen LogP contribution in [0.1, 0.15) is 26.2 Å². The van der Waals surface area contributed by atoms with Gasteiger partial charge < -0.3 is 0 Å². The average Bonchev–Trinajstić information content (AvgIpc) is 2.14. The predicted octanol–water partition coefficient (Wildman–Crippen LogP) is 2.66. The molecule has 0 aliphatic heterocycles. The topological polar surface area (TPSA) is 0 Å². The summed E-state index contributed by atoms with van der Waals surface area (Å²) >= 11 is 4.41. The fraction of sp³-hybridized carbons (Fsp3) is 0.750. The Labute approximate surface area is 62.8 Å². The summed E-state index contributed by atoms with van der Waals surface area (Å²) < 4.78 is 0. The lowest BCUT2D eigenvalue weighted by Crippen LogP contribution is -1.95. The molecular formula is C8H14S. The molecule has 52 valence electrons. The molecule has 1 saturated carbocycles. The molecule has 0 bridgehead atoms. The van der Waals surface area contributed by atoms with Gasteiger partial charge in [0.1, 0.15) is 0 Å². The van der Waals surface area contributed by atoms with E-state index >= 15 is 0 Å². The molecule has 0 aromatic rings. The van der Waals surface area contributed by atoms with Crippen molar-refractivity contribution < 1.29 is 0 Å². The van der Waals surface area contributed by atoms with Crippen LogP contribution in [-0.2, 0) is 0 Å². The van der Waals surface area contributed by atoms with Crippen molar-refractivity contribution in [2.75, 3.05) is 0 Å². The zero-order chi connectivity index (χ0) is 6.85. The first-order chi connectivity index (χ1) is 4.20. The van der Waals surface area contributed by atoms with E-state index in [2.05, 4.69) is 26.1 Å². The second-order valence-corrected chi connectivity index (χ2v) is 3.74. The number of rotatable bonds is 1. The van der Waals surface area contributed by atoms with E-state index in [1.165, 1.54) is 24.8 Å². The first kappa shape index (κ1) is 7.20. The summed E-state index contributed by atoms with van der Waals surface area (Å²) in [5.41, 5.74) is 1.34. The summed E-state index contributed by atoms with van der Waals surface area (Å²) in [4.78, 5) is 0. The van der Waals surface area contributed by atoms with Gasteiger partial charge in [-0.3, -0.25) is 0 Å². The molecule has 1 heteroatoms. The van der Waals surface area contributed by atoms with E-state index in [0.717, 1.165) is 5.92 Å². The van der Waals surface area contributed by atoms with Crippen molar-refractivity contribution in [1.29, 1.82) is 0 Å². The van der Waals surface area contributed by atoms with Crippen molar-refractivity contribution in [2.24, 2.45) is 5.92 Å². The summed E-state index contributed by atoms with van der Waals surface area (Å²) in [6.45, 7) is 6.06. The van der Waals surface area contributed by atoms with Crippen LogP contribution in [0, 0.1) is 5.92 Å². The van der Waals surface area contributed by atoms with Gasteiger partial charge in [0.05, 0.1) is 0 Å². The van der Waals surface area contributed by atoms with Crippen molar-refractivity contribution >= 4 is 12.6 Å². The van der Waals surface area contributed by atoms with Crippen LogP contribution >= 0.6 is 12.6 Å². The van der Waals surface area contributed by atoms with Crippen molar-refractivity contribution in [3.63, 3.8) is 0 Å². The molecule has 1 aliphatic carbocycles. The van der Waals surface area contributed by atoms with Crippen molar-refractivity contribution in [3.05, 3.63) is 12.2 Å². The molecule has 0 radical (unpaired) electrons. The van der Waals surface area contributed by atoms with Gasteiger partial charge in [-0.1, -0.05) is 12.2 Å². The summed E-state index contributed by atoms with van der Waals surface area (Å²) in [7, 11) is 0. The van der Waals surface area contributed by atoms with Gasteiger partial charge in [0.2, 0.25) is 0 Å². The normalized spacial score (nSPS) is 34.9. The third kappa shape index (κ3) is 1.75. The number of allylic oxidation sites excluding steroid dienone is 1. The predicted molar refractivity (Wildman–Crippen MR) is 44.9 cm³/mol. The molecule has 1 fully saturated rings. The van der Waals surface area contributed by atoms with E-state index in [1.807, 2.05) is 0 Å². The van der Waals surface area contributed by atoms with E-state index in [4.69, 9.17) is 0 Å². The lowest BCUT2D eigenvalue weighted by molar-refractivity contribution is 0.647. The van der Waals surface area contributed by atoms with E-state index < -0.39 is 0 Å². The Morgan fingerprint density at radius 3 is 2.44 bits per heavy atom. The zero-order valence-electron chi connectivity index (χ0n) is 5.93. The van der Waals surface area contributed by atoms with Crippen LogP contribution in [0.4, 0.5) is 0 Å². The summed E-state index contributed by atoms with van der Waals surface area (Å²) in [5, 5.41) is 0.645. The van der Waals surface area contributed by atoms with Gasteiger partial charge in [0, 0.05) is 5.25 Å². The first-order valence-corrected chi connectivity index (χ1v) is 4.05. The van der Waals surface area contributed by atoms with Gasteiger partial charge in [0.15, 0.2) is 0 Å². The minimum atomic E-state index is 0.645. The molecule has 9 heavy (non-hydrogen) atoms. The summed E-state index contributed by atoms with van der Waals surface area (Å²) in [5.74, 6) is 0.771. The molecule has 1 aliphatic rings. The van der Waals surface area contributed by atoms with Gasteiger partial charge in [-0.05, 0) is 32.1 Å². The van der Waals surface area contributed by atoms with Gasteiger partial charge in [-0.25, -0.2) is 0 Å². The third-order valence-corrected chi connectivity index (χ3v) is 2.57. The van der Waals surface area contributed by atoms with Gasteiger partial charge in [0.25, 0.3) is 0 Å². The Morgan fingerprint density at radius 2 is 2.22 bits per heavy atom. The summed E-state index contributed by atoms with van der Waals surface area (Å²) in [6.07, 6.45) is 3.84. The maximum absolute atomic E-state index is 4.41. The van der Waals surface area contributed by atoms with Crippen LogP contribution in [0.5, 0.6) is 0 Å². The molecule has 0 nitrogen and oxygen atoms in total. The van der Waals surface area contributed by atoms with Crippen LogP contribution in [0.15, 0.2) is 12.2 Å². The Morgan fingerprint density at radius 1 is 1.56 bits per heavy atom. The molecular weight excluding hydrogens is 128 g/mol. The highest BCUT2D eigenvalue weighted by molar-refractivity contribution is 7.80. The van der Waals surface area contributed by atoms with Gasteiger partial charge in [-0.15, -0.1) is 0 Å². The molecule has 0 N–H and O–H groups in total. The minimum Gasteiger partial charge on any atom is -0.176 e. The highest BCUT2D eigenvalue weighted by Crippen LogP contribution is 2.32. The molecule has 0 aromatic heterocycles. The van der Waals surface area contributed by atoms with Crippen molar-refractivity contribution in [2.45, 2.75) is 31.4 Å². The molecule has 0 amide bonds. The van der Waals surface area contributed by atoms with Crippen LogP contribution in [0.3, 0.4) is 0 Å². The average molecular weight is 142 g/mol. The van der Waals surface area contributed by atoms with E-state index in [1.54, 1.807) is 0 Å². The molecule has 0 heterocycles. The van der Waals surface area contributed by atoms with Crippen LogP contribution in [0.25, 0.3) is 0 Å². The Kier molecular flexibility index (Phi) is 2.23. The lowest BCUT2D eigenvalue weighted by Gasteiger charge is -2.06. The molecule has 0 aromatic carbocycles. The maximum atomic E-state index is 4.41. The van der Waals surface area contributed by atoms with Crippen LogP contribution in [0.2, 0.25) is 0 Å². The number of thiol groups is 1. The first-order valence-electron chi connectivity index (χ1n) is 3.53. The highest BCUT2D eigenvalue weighted by atomic mass is 32.1. The zero-order valence-corrected chi connectivity index (χ0v) is 6.82. The highest BCUT2D eigenvalue weighted by Gasteiger charge is 2.21. The number of hydrogen-bond acceptors (Lipinski definition) is 1. The van der Waals surface area contributed by atoms with Crippen molar-refractivity contribution in [1.82, 2.24) is 0 Å². The molecule has 2 unspecified atom stereocenters. The van der Waals surface area contributed by atoms with Gasteiger partial charge >= 0.3 is 0 Å². The second kappa shape index (κ2) is 2.78. The molecule has 2 atom stereocenters. The van der Waals surface area contributed by atoms with Crippen molar-refractivity contribution in [3.8, 4) is 0 Å². The Balaban J connectivity index is 2.39. The maximum Gasteiger partial charge on any atom is 0.00227 e. The summed E-state index contributed by atoms with van der Waals surface area (Å²) in [6, 6.07) is 0. The molecule has 1 rings (SSSR count). The monoisotopic (exact) mass is 142 g/mol. The Bertz CT molecular complexity index is 118. The SMILES string of the molecule is C=C(C)C1CCC(S)C1. The second-order valence-electron chi connectivity index (χ2n) is 3.01. The molecule has 0 saturated heterocycles. The van der Waals surface area contributed by atoms with E-state index in [9.17, 15) is 0 Å². The van der Waals surface area contributed by atoms with Crippen LogP contribution < -0.4 is 0 Å². The van der Waals surface area contributed by atoms with Crippen LogP contribution in [-0.4, -0.2) is 5.25 Å². The molecule has 0 spiro atoms. The Hall–Kier alpha value is 0.0900. The van der Waals surface area contributed by atoms with E-state index in [-0.39, 0.29) is 0 Å². The quantitative estimate of drug-likeness (QED) is 0.422. The minimum absolute atomic E-state index is 0.645. The largest absolute Gasteiger partial charge is 0.176 e. The number of hydrogen-bond donors (Lipinski definition) is 1. The standard InChI is InChI=1S/C8H14S/c1-6(2)7-3-4-8(9)5-7/h7-9H,1,3-5H2,2H3. The third-order valence-electron chi connectivity index (χ3n) is 2.10. The van der Waals surface area contributed by atoms with Gasteiger partial charge in [-0.2, -0.15) is 12.6 Å². The fourth-order valence-electron chi connectivity index (χ4n) is 1.41. The fourth-order valence-corrected chi connectivity index (χ4v) is 1.81. The smallest absolute Gasteiger partial charge is 0.00227 e. The lowest BCUT2D eigenvalue weighted by atomic mass is 10.0. The van der Waals surface area contributed by atoms with E-state index in [0.29, 0.717) is 5.25 Å².